The van der Waals surface area contributed by atoms with E-state index in [1.165, 1.54) is 28.0 Å². The molecule has 0 aliphatic carbocycles. The van der Waals surface area contributed by atoms with Gasteiger partial charge in [-0.2, -0.15) is 4.98 Å². The van der Waals surface area contributed by atoms with Gasteiger partial charge in [0.25, 0.3) is 10.0 Å². The summed E-state index contributed by atoms with van der Waals surface area (Å²) in [6.07, 6.45) is 1.01. The summed E-state index contributed by atoms with van der Waals surface area (Å²) in [5.41, 5.74) is 0.738. The molecule has 0 fully saturated rings. The quantitative estimate of drug-likeness (QED) is 0.493. The molecule has 2 heterocycles. The van der Waals surface area contributed by atoms with Gasteiger partial charge in [0, 0.05) is 10.6 Å². The topological polar surface area (TPSA) is 81.1 Å². The van der Waals surface area contributed by atoms with Crippen LogP contribution < -0.4 is 10.4 Å². The normalized spacial score (nSPS) is 12.1. The first-order chi connectivity index (χ1) is 13.6. The van der Waals surface area contributed by atoms with Gasteiger partial charge in [-0.05, 0) is 44.1 Å². The third kappa shape index (κ3) is 4.63. The molecule has 0 spiro atoms. The van der Waals surface area contributed by atoms with Crippen LogP contribution in [0.3, 0.4) is 0 Å². The van der Waals surface area contributed by atoms with E-state index in [1.54, 1.807) is 23.9 Å². The number of benzene rings is 1. The lowest BCUT2D eigenvalue weighted by Crippen LogP contribution is -2.17. The minimum atomic E-state index is -4.00. The van der Waals surface area contributed by atoms with Crippen LogP contribution >= 0.6 is 34.7 Å². The largest absolute Gasteiger partial charge is 0.354 e. The molecular weight excluding hydrogens is 450 g/mol. The smallest absolute Gasteiger partial charge is 0.261 e. The Balaban J connectivity index is 2.09. The van der Waals surface area contributed by atoms with Crippen LogP contribution in [0.1, 0.15) is 30.8 Å². The maximum absolute atomic E-state index is 12.9. The number of anilines is 1. The van der Waals surface area contributed by atoms with Crippen molar-refractivity contribution in [3.63, 3.8) is 0 Å². The van der Waals surface area contributed by atoms with E-state index >= 15 is 0 Å². The molecule has 156 valence electrons. The third-order valence-corrected chi connectivity index (χ3v) is 8.73. The van der Waals surface area contributed by atoms with Gasteiger partial charge in [0.05, 0.1) is 9.23 Å². The van der Waals surface area contributed by atoms with Crippen molar-refractivity contribution in [1.29, 1.82) is 0 Å². The van der Waals surface area contributed by atoms with Crippen LogP contribution in [0.4, 0.5) is 5.82 Å². The fourth-order valence-corrected chi connectivity index (χ4v) is 7.01. The molecule has 0 saturated carbocycles. The van der Waals surface area contributed by atoms with Crippen LogP contribution in [0.2, 0.25) is 5.02 Å². The summed E-state index contributed by atoms with van der Waals surface area (Å²) in [5, 5.41) is 0.104. The number of nitrogens with one attached hydrogen (secondary N) is 1. The average Bonchev–Trinajstić information content (AvgIpc) is 2.94. The van der Waals surface area contributed by atoms with E-state index in [1.807, 2.05) is 13.8 Å². The molecule has 1 N–H and O–H groups in total. The number of sulfonamides is 1. The van der Waals surface area contributed by atoms with Crippen LogP contribution in [0, 0.1) is 19.8 Å². The molecule has 0 radical (unpaired) electrons. The monoisotopic (exact) mass is 471 g/mol. The Morgan fingerprint density at radius 2 is 1.97 bits per heavy atom. The average molecular weight is 472 g/mol. The van der Waals surface area contributed by atoms with Crippen molar-refractivity contribution in [2.45, 2.75) is 43.2 Å². The number of nitrogens with zero attached hydrogens (tertiary/aromatic N) is 2. The molecule has 3 rings (SSSR count). The lowest BCUT2D eigenvalue weighted by Gasteiger charge is -2.16. The number of imidazole rings is 1. The molecule has 0 aromatic heterocycles. The van der Waals surface area contributed by atoms with E-state index in [-0.39, 0.29) is 15.7 Å². The Morgan fingerprint density at radius 3 is 2.62 bits per heavy atom. The Kier molecular flexibility index (Phi) is 6.62. The number of aryl methyl sites for hydroxylation is 1. The van der Waals surface area contributed by atoms with Gasteiger partial charge in [-0.1, -0.05) is 37.6 Å². The fourth-order valence-electron chi connectivity index (χ4n) is 2.72. The summed E-state index contributed by atoms with van der Waals surface area (Å²) in [6.45, 7) is 8.07. The first-order valence-corrected chi connectivity index (χ1v) is 12.7. The summed E-state index contributed by atoms with van der Waals surface area (Å²) >= 11 is 9.22. The van der Waals surface area contributed by atoms with Crippen LogP contribution in [0.15, 0.2) is 38.2 Å². The Bertz CT molecular complexity index is 1170. The van der Waals surface area contributed by atoms with Gasteiger partial charge >= 0.3 is 5.69 Å². The van der Waals surface area contributed by atoms with Crippen molar-refractivity contribution >= 4 is 50.5 Å². The van der Waals surface area contributed by atoms with Gasteiger partial charge < -0.3 is 0 Å². The van der Waals surface area contributed by atoms with Crippen LogP contribution in [-0.2, 0) is 10.0 Å². The van der Waals surface area contributed by atoms with E-state index in [0.717, 1.165) is 27.0 Å². The zero-order valence-corrected chi connectivity index (χ0v) is 19.7. The molecule has 0 atom stereocenters. The van der Waals surface area contributed by atoms with Crippen LogP contribution in [-0.4, -0.2) is 23.7 Å². The zero-order valence-electron chi connectivity index (χ0n) is 16.5. The molecule has 2 aliphatic heterocycles. The van der Waals surface area contributed by atoms with Gasteiger partial charge in [0.15, 0.2) is 5.82 Å². The third-order valence-electron chi connectivity index (χ3n) is 4.42. The highest BCUT2D eigenvalue weighted by atomic mass is 35.5. The lowest BCUT2D eigenvalue weighted by atomic mass is 10.2. The molecule has 0 bridgehead atoms. The van der Waals surface area contributed by atoms with Crippen molar-refractivity contribution < 1.29 is 8.42 Å². The van der Waals surface area contributed by atoms with E-state index < -0.39 is 15.7 Å². The molecule has 6 nitrogen and oxygen atoms in total. The molecule has 1 aromatic carbocycles. The zero-order chi connectivity index (χ0) is 21.3. The second-order valence-corrected chi connectivity index (χ2v) is 11.7. The summed E-state index contributed by atoms with van der Waals surface area (Å²) in [7, 11) is -4.00. The van der Waals surface area contributed by atoms with Crippen LogP contribution in [0.5, 0.6) is 0 Å². The summed E-state index contributed by atoms with van der Waals surface area (Å²) in [5.74, 6) is 1.44. The highest BCUT2D eigenvalue weighted by molar-refractivity contribution is 8.01. The molecular formula is C19H22ClN3O3S3. The summed E-state index contributed by atoms with van der Waals surface area (Å²) in [4.78, 5) is 17.5. The fraction of sp³-hybridized carbons (Fsp3) is 0.368. The predicted octanol–water partition coefficient (Wildman–Crippen LogP) is 4.94. The number of halogens is 1. The molecule has 1 aromatic rings. The van der Waals surface area contributed by atoms with E-state index in [2.05, 4.69) is 23.6 Å². The summed E-state index contributed by atoms with van der Waals surface area (Å²) in [6, 6.07) is 6.16. The van der Waals surface area contributed by atoms with E-state index in [4.69, 9.17) is 11.6 Å². The SMILES string of the molecule is Cc1sc(SCCC(C)C)c2c(NS(=O)(=O)c3ccccc3Cl)nc(=O)n-2c1C. The maximum atomic E-state index is 12.9. The molecule has 0 saturated heterocycles. The molecule has 2 aliphatic rings. The highest BCUT2D eigenvalue weighted by Gasteiger charge is 2.27. The first kappa shape index (κ1) is 22.1. The van der Waals surface area contributed by atoms with Crippen molar-refractivity contribution in [3.8, 4) is 5.69 Å². The van der Waals surface area contributed by atoms with Crippen molar-refractivity contribution in [3.05, 3.63) is 50.3 Å². The molecule has 0 unspecified atom stereocenters. The number of hydrogen-bond donors (Lipinski definition) is 1. The van der Waals surface area contributed by atoms with Gasteiger partial charge in [0.2, 0.25) is 0 Å². The van der Waals surface area contributed by atoms with E-state index in [9.17, 15) is 13.2 Å². The first-order valence-electron chi connectivity index (χ1n) is 9.04. The van der Waals surface area contributed by atoms with Crippen molar-refractivity contribution in [2.24, 2.45) is 5.92 Å². The number of fused-ring (bicyclic) bond motifs is 1. The minimum absolute atomic E-state index is 0.0290. The number of rotatable bonds is 7. The highest BCUT2D eigenvalue weighted by Crippen LogP contribution is 2.39. The lowest BCUT2D eigenvalue weighted by molar-refractivity contribution is 0.601. The van der Waals surface area contributed by atoms with Crippen molar-refractivity contribution in [2.75, 3.05) is 10.5 Å². The van der Waals surface area contributed by atoms with Gasteiger partial charge in [-0.3, -0.25) is 9.29 Å². The summed E-state index contributed by atoms with van der Waals surface area (Å²) < 4.78 is 30.6. The Hall–Kier alpha value is -1.55. The van der Waals surface area contributed by atoms with Gasteiger partial charge in [-0.25, -0.2) is 13.2 Å². The Labute approximate surface area is 183 Å². The maximum Gasteiger partial charge on any atom is 0.354 e. The molecule has 29 heavy (non-hydrogen) atoms. The van der Waals surface area contributed by atoms with Gasteiger partial charge in [0.1, 0.15) is 10.6 Å². The predicted molar refractivity (Wildman–Crippen MR) is 121 cm³/mol. The standard InChI is InChI=1S/C19H22ClN3O3S3/c1-11(2)9-10-27-18-16-17(21-19(24)23(16)12(3)13(4)28-18)22-29(25,26)15-8-6-5-7-14(15)20/h5-8,11H,9-10H2,1-4H3,(H,21,22,24). The Morgan fingerprint density at radius 1 is 1.28 bits per heavy atom. The second-order valence-electron chi connectivity index (χ2n) is 7.03. The minimum Gasteiger partial charge on any atom is -0.261 e. The number of hydrogen-bond acceptors (Lipinski definition) is 6. The number of aromatic nitrogens is 2. The van der Waals surface area contributed by atoms with Crippen molar-refractivity contribution in [1.82, 2.24) is 9.55 Å². The number of thioether (sulfide) groups is 1. The van der Waals surface area contributed by atoms with Gasteiger partial charge in [-0.15, -0.1) is 23.1 Å². The van der Waals surface area contributed by atoms with Crippen LogP contribution in [0.25, 0.3) is 5.69 Å². The van der Waals surface area contributed by atoms with E-state index in [0.29, 0.717) is 11.6 Å². The second kappa shape index (κ2) is 8.67. The molecule has 0 amide bonds. The molecule has 10 heteroatoms.